The van der Waals surface area contributed by atoms with E-state index in [4.69, 9.17) is 14.2 Å². The first-order valence-electron chi connectivity index (χ1n) is 12.6. The zero-order chi connectivity index (χ0) is 26.1. The lowest BCUT2D eigenvalue weighted by Gasteiger charge is -2.52. The summed E-state index contributed by atoms with van der Waals surface area (Å²) in [6.45, 7) is 18.1. The van der Waals surface area contributed by atoms with Crippen LogP contribution < -0.4 is 0 Å². The molecular weight excluding hydrogens is 446 g/mol. The molecule has 0 aromatic heterocycles. The number of carbonyl (C=O) groups excluding carboxylic acids is 2. The van der Waals surface area contributed by atoms with Crippen molar-refractivity contribution in [1.29, 1.82) is 0 Å². The average molecular weight is 488 g/mol. The van der Waals surface area contributed by atoms with Gasteiger partial charge in [0.05, 0.1) is 12.0 Å². The topological polar surface area (TPSA) is 85.3 Å². The van der Waals surface area contributed by atoms with Crippen molar-refractivity contribution in [2.45, 2.75) is 78.5 Å². The molecule has 2 fully saturated rings. The largest absolute Gasteiger partial charge is 0.438 e. The third kappa shape index (κ3) is 3.57. The van der Waals surface area contributed by atoms with Crippen LogP contribution in [-0.4, -0.2) is 65.7 Å². The van der Waals surface area contributed by atoms with Gasteiger partial charge in [0.15, 0.2) is 23.3 Å². The van der Waals surface area contributed by atoms with Crippen LogP contribution in [0.1, 0.15) is 54.9 Å². The molecule has 0 unspecified atom stereocenters. The maximum atomic E-state index is 14.6. The maximum Gasteiger partial charge on any atom is 0.410 e. The summed E-state index contributed by atoms with van der Waals surface area (Å²) in [6, 6.07) is 0. The smallest absolute Gasteiger partial charge is 0.410 e. The van der Waals surface area contributed by atoms with E-state index in [-0.39, 0.29) is 29.6 Å². The highest BCUT2D eigenvalue weighted by molar-refractivity contribution is 5.95. The molecule has 4 aliphatic rings. The van der Waals surface area contributed by atoms with Crippen molar-refractivity contribution in [3.8, 4) is 0 Å². The number of likely N-dealkylation sites (N-methyl/N-ethyl adjacent to an activating group) is 1. The lowest BCUT2D eigenvalue weighted by atomic mass is 9.59. The van der Waals surface area contributed by atoms with Crippen LogP contribution in [0.25, 0.3) is 0 Å². The zero-order valence-corrected chi connectivity index (χ0v) is 22.4. The Bertz CT molecular complexity index is 995. The lowest BCUT2D eigenvalue weighted by molar-refractivity contribution is -0.303. The Balaban J connectivity index is 1.95. The van der Waals surface area contributed by atoms with E-state index < -0.39 is 41.0 Å². The highest BCUT2D eigenvalue weighted by atomic mass is 16.7. The van der Waals surface area contributed by atoms with Crippen molar-refractivity contribution < 1.29 is 28.9 Å². The Labute approximate surface area is 209 Å². The zero-order valence-electron chi connectivity index (χ0n) is 22.4. The first kappa shape index (κ1) is 26.1. The Hall–Kier alpha value is -1.96. The standard InChI is InChI=1S/C28H41NO6/c1-10-11-29(9)24(31)34-22-16(2)14-27-18(4)12-17(3)25(5,6)20(21(27)30)13-19-15-33-26(7,8)35-23(19)28(22,27)32/h10,13-14,17-18,20,22-23,32H,1,11-12,15H2,2-9H3/t17-,18+,20+,22-,23+,27-,28+/m0/s1. The number of Topliss-reactive ketones (excluding diaryl/α,β-unsaturated/α-hetero) is 1. The van der Waals surface area contributed by atoms with Crippen LogP contribution >= 0.6 is 0 Å². The number of ether oxygens (including phenoxy) is 3. The fraction of sp³-hybridized carbons (Fsp3) is 0.714. The minimum absolute atomic E-state index is 0.0394. The van der Waals surface area contributed by atoms with Gasteiger partial charge in [-0.25, -0.2) is 4.79 Å². The molecule has 194 valence electrons. The van der Waals surface area contributed by atoms with Crippen LogP contribution in [0.5, 0.6) is 0 Å². The summed E-state index contributed by atoms with van der Waals surface area (Å²) < 4.78 is 18.4. The molecule has 1 heterocycles. The molecule has 7 nitrogen and oxygen atoms in total. The Morgan fingerprint density at radius 1 is 1.29 bits per heavy atom. The van der Waals surface area contributed by atoms with Crippen LogP contribution in [0.4, 0.5) is 4.79 Å². The van der Waals surface area contributed by atoms with Gasteiger partial charge in [-0.05, 0) is 55.6 Å². The quantitative estimate of drug-likeness (QED) is 0.599. The molecule has 0 radical (unpaired) electrons. The Morgan fingerprint density at radius 2 is 1.94 bits per heavy atom. The van der Waals surface area contributed by atoms with E-state index in [2.05, 4.69) is 27.4 Å². The van der Waals surface area contributed by atoms with Crippen molar-refractivity contribution in [1.82, 2.24) is 4.90 Å². The molecule has 1 saturated carbocycles. The van der Waals surface area contributed by atoms with Gasteiger partial charge in [0, 0.05) is 19.5 Å². The van der Waals surface area contributed by atoms with Gasteiger partial charge in [-0.1, -0.05) is 45.9 Å². The summed E-state index contributed by atoms with van der Waals surface area (Å²) >= 11 is 0. The van der Waals surface area contributed by atoms with Crippen molar-refractivity contribution in [3.05, 3.63) is 36.0 Å². The molecule has 1 spiro atoms. The number of hydrogen-bond acceptors (Lipinski definition) is 6. The molecule has 7 atom stereocenters. The van der Waals surface area contributed by atoms with Crippen LogP contribution in [-0.2, 0) is 19.0 Å². The summed E-state index contributed by atoms with van der Waals surface area (Å²) in [5, 5.41) is 12.9. The number of ketones is 1. The average Bonchev–Trinajstić information content (AvgIpc) is 2.92. The molecule has 0 aromatic carbocycles. The molecule has 1 aliphatic heterocycles. The number of allylic oxidation sites excluding steroid dienone is 1. The van der Waals surface area contributed by atoms with Crippen molar-refractivity contribution in [3.63, 3.8) is 0 Å². The van der Waals surface area contributed by atoms with Crippen molar-refractivity contribution in [2.24, 2.45) is 28.6 Å². The Kier molecular flexibility index (Phi) is 6.18. The van der Waals surface area contributed by atoms with Crippen LogP contribution in [0, 0.1) is 28.6 Å². The minimum atomic E-state index is -1.82. The molecule has 0 aromatic rings. The molecule has 3 aliphatic carbocycles. The number of aliphatic hydroxyl groups is 1. The summed E-state index contributed by atoms with van der Waals surface area (Å²) in [5.74, 6) is -1.44. The number of amides is 1. The maximum absolute atomic E-state index is 14.6. The number of carbonyl (C=O) groups is 2. The number of nitrogens with zero attached hydrogens (tertiary/aromatic N) is 1. The van der Waals surface area contributed by atoms with Gasteiger partial charge < -0.3 is 24.2 Å². The van der Waals surface area contributed by atoms with E-state index in [0.29, 0.717) is 12.1 Å². The normalized spacial score (nSPS) is 41.4. The van der Waals surface area contributed by atoms with E-state index in [1.807, 2.05) is 26.0 Å². The molecule has 7 heteroatoms. The molecule has 4 rings (SSSR count). The molecule has 2 bridgehead atoms. The van der Waals surface area contributed by atoms with Gasteiger partial charge in [0.1, 0.15) is 6.10 Å². The number of fused-ring (bicyclic) bond motifs is 3. The van der Waals surface area contributed by atoms with Crippen molar-refractivity contribution >= 4 is 11.9 Å². The molecule has 35 heavy (non-hydrogen) atoms. The van der Waals surface area contributed by atoms with Crippen molar-refractivity contribution in [2.75, 3.05) is 20.2 Å². The summed E-state index contributed by atoms with van der Waals surface area (Å²) in [4.78, 5) is 29.1. The third-order valence-electron chi connectivity index (χ3n) is 9.22. The molecule has 1 amide bonds. The number of rotatable bonds is 3. The van der Waals surface area contributed by atoms with E-state index in [0.717, 1.165) is 12.0 Å². The second-order valence-electron chi connectivity index (χ2n) is 12.1. The first-order valence-corrected chi connectivity index (χ1v) is 12.6. The predicted molar refractivity (Wildman–Crippen MR) is 132 cm³/mol. The van der Waals surface area contributed by atoms with Crippen LogP contribution in [0.15, 0.2) is 36.0 Å². The second kappa shape index (κ2) is 8.29. The van der Waals surface area contributed by atoms with E-state index in [1.165, 1.54) is 4.90 Å². The van der Waals surface area contributed by atoms with Crippen LogP contribution in [0.3, 0.4) is 0 Å². The highest BCUT2D eigenvalue weighted by Crippen LogP contribution is 2.63. The fourth-order valence-electron chi connectivity index (χ4n) is 6.82. The summed E-state index contributed by atoms with van der Waals surface area (Å²) in [5.41, 5.74) is -2.05. The molecule has 1 saturated heterocycles. The molecule has 1 N–H and O–H groups in total. The second-order valence-corrected chi connectivity index (χ2v) is 12.1. The Morgan fingerprint density at radius 3 is 2.57 bits per heavy atom. The van der Waals surface area contributed by atoms with E-state index in [1.54, 1.807) is 27.0 Å². The SMILES string of the molecule is C=CCN(C)C(=O)O[C@H]1C(C)=C[C@]23C(=O)[C@@H](C=C4COC(C)(C)O[C@H]4[C@]12O)C(C)(C)[C@@H](C)C[C@H]3C. The van der Waals surface area contributed by atoms with Gasteiger partial charge in [0.2, 0.25) is 0 Å². The lowest BCUT2D eigenvalue weighted by Crippen LogP contribution is -2.68. The fourth-order valence-corrected chi connectivity index (χ4v) is 6.82. The highest BCUT2D eigenvalue weighted by Gasteiger charge is 2.74. The van der Waals surface area contributed by atoms with E-state index in [9.17, 15) is 14.7 Å². The van der Waals surface area contributed by atoms with Crippen LogP contribution in [0.2, 0.25) is 0 Å². The predicted octanol–water partition coefficient (Wildman–Crippen LogP) is 4.27. The molecular formula is C28H41NO6. The summed E-state index contributed by atoms with van der Waals surface area (Å²) in [7, 11) is 1.62. The van der Waals surface area contributed by atoms with Gasteiger partial charge in [-0.2, -0.15) is 0 Å². The van der Waals surface area contributed by atoms with Gasteiger partial charge in [0.25, 0.3) is 0 Å². The summed E-state index contributed by atoms with van der Waals surface area (Å²) in [6.07, 6.45) is 3.70. The first-order chi connectivity index (χ1) is 16.1. The third-order valence-corrected chi connectivity index (χ3v) is 9.22. The minimum Gasteiger partial charge on any atom is -0.438 e. The van der Waals surface area contributed by atoms with Gasteiger partial charge in [-0.3, -0.25) is 4.79 Å². The van der Waals surface area contributed by atoms with E-state index >= 15 is 0 Å². The van der Waals surface area contributed by atoms with Gasteiger partial charge >= 0.3 is 6.09 Å². The number of hydrogen-bond donors (Lipinski definition) is 1. The van der Waals surface area contributed by atoms with Gasteiger partial charge in [-0.15, -0.1) is 6.58 Å². The monoisotopic (exact) mass is 487 g/mol.